The smallest absolute Gasteiger partial charge is 0.257 e. The highest BCUT2D eigenvalue weighted by Crippen LogP contribution is 2.30. The molecule has 1 unspecified atom stereocenters. The molecule has 2 heterocycles. The van der Waals surface area contributed by atoms with Crippen molar-refractivity contribution in [3.8, 4) is 0 Å². The molecule has 1 aliphatic carbocycles. The van der Waals surface area contributed by atoms with E-state index in [0.29, 0.717) is 12.1 Å². The van der Waals surface area contributed by atoms with Crippen molar-refractivity contribution >= 4 is 5.91 Å². The fourth-order valence-electron chi connectivity index (χ4n) is 2.89. The predicted octanol–water partition coefficient (Wildman–Crippen LogP) is 2.20. The van der Waals surface area contributed by atoms with Crippen LogP contribution in [0.15, 0.2) is 16.7 Å². The first-order valence-electron chi connectivity index (χ1n) is 7.40. The molecule has 2 aliphatic rings. The van der Waals surface area contributed by atoms with Crippen LogP contribution in [0.1, 0.15) is 48.7 Å². The first-order valence-corrected chi connectivity index (χ1v) is 7.40. The van der Waals surface area contributed by atoms with Gasteiger partial charge in [-0.15, -0.1) is 0 Å². The number of aryl methyl sites for hydroxylation is 1. The van der Waals surface area contributed by atoms with Gasteiger partial charge in [0.2, 0.25) is 0 Å². The van der Waals surface area contributed by atoms with E-state index in [1.165, 1.54) is 12.8 Å². The SMILES string of the molecule is CCc1occc1C(=O)N(CC1CCCN1)C1CC1. The van der Waals surface area contributed by atoms with E-state index in [4.69, 9.17) is 4.42 Å². The van der Waals surface area contributed by atoms with Crippen LogP contribution in [0.3, 0.4) is 0 Å². The van der Waals surface area contributed by atoms with Gasteiger partial charge in [-0.1, -0.05) is 6.92 Å². The Labute approximate surface area is 114 Å². The van der Waals surface area contributed by atoms with Gasteiger partial charge in [0, 0.05) is 25.0 Å². The number of nitrogens with zero attached hydrogens (tertiary/aromatic N) is 1. The van der Waals surface area contributed by atoms with Gasteiger partial charge in [-0.3, -0.25) is 4.79 Å². The molecule has 19 heavy (non-hydrogen) atoms. The van der Waals surface area contributed by atoms with Gasteiger partial charge in [0.1, 0.15) is 5.76 Å². The molecule has 1 N–H and O–H groups in total. The number of carbonyl (C=O) groups is 1. The van der Waals surface area contributed by atoms with Gasteiger partial charge in [0.05, 0.1) is 11.8 Å². The third kappa shape index (κ3) is 2.68. The minimum Gasteiger partial charge on any atom is -0.469 e. The lowest BCUT2D eigenvalue weighted by Gasteiger charge is -2.25. The molecule has 1 aromatic heterocycles. The largest absolute Gasteiger partial charge is 0.469 e. The second kappa shape index (κ2) is 5.37. The van der Waals surface area contributed by atoms with Crippen LogP contribution in [0.25, 0.3) is 0 Å². The van der Waals surface area contributed by atoms with Crippen molar-refractivity contribution in [2.24, 2.45) is 0 Å². The van der Waals surface area contributed by atoms with Crippen molar-refractivity contribution < 1.29 is 9.21 Å². The average molecular weight is 262 g/mol. The molecule has 4 heteroatoms. The van der Waals surface area contributed by atoms with Crippen molar-refractivity contribution in [1.29, 1.82) is 0 Å². The molecule has 0 aromatic carbocycles. The number of nitrogens with one attached hydrogen (secondary N) is 1. The van der Waals surface area contributed by atoms with Crippen LogP contribution in [0, 0.1) is 0 Å². The average Bonchev–Trinajstić information content (AvgIpc) is 2.95. The standard InChI is InChI=1S/C15H22N2O2/c1-2-14-13(7-9-19-14)15(18)17(12-5-6-12)10-11-4-3-8-16-11/h7,9,11-12,16H,2-6,8,10H2,1H3. The van der Waals surface area contributed by atoms with Gasteiger partial charge in [-0.2, -0.15) is 0 Å². The molecule has 0 radical (unpaired) electrons. The van der Waals surface area contributed by atoms with Crippen LogP contribution in [-0.2, 0) is 6.42 Å². The zero-order valence-corrected chi connectivity index (χ0v) is 11.5. The van der Waals surface area contributed by atoms with Gasteiger partial charge >= 0.3 is 0 Å². The van der Waals surface area contributed by atoms with Crippen molar-refractivity contribution in [2.75, 3.05) is 13.1 Å². The maximum Gasteiger partial charge on any atom is 0.257 e. The summed E-state index contributed by atoms with van der Waals surface area (Å²) in [7, 11) is 0. The molecule has 1 saturated carbocycles. The van der Waals surface area contributed by atoms with Crippen LogP contribution >= 0.6 is 0 Å². The topological polar surface area (TPSA) is 45.5 Å². The molecule has 4 nitrogen and oxygen atoms in total. The second-order valence-corrected chi connectivity index (χ2v) is 5.59. The lowest BCUT2D eigenvalue weighted by Crippen LogP contribution is -2.42. The summed E-state index contributed by atoms with van der Waals surface area (Å²) >= 11 is 0. The molecule has 2 fully saturated rings. The van der Waals surface area contributed by atoms with Gasteiger partial charge in [-0.05, 0) is 38.3 Å². The maximum atomic E-state index is 12.7. The summed E-state index contributed by atoms with van der Waals surface area (Å²) in [6.45, 7) is 3.96. The number of hydrogen-bond acceptors (Lipinski definition) is 3. The molecule has 0 spiro atoms. The minimum absolute atomic E-state index is 0.154. The van der Waals surface area contributed by atoms with Gasteiger partial charge in [0.15, 0.2) is 0 Å². The lowest BCUT2D eigenvalue weighted by atomic mass is 10.1. The molecular formula is C15H22N2O2. The summed E-state index contributed by atoms with van der Waals surface area (Å²) in [6.07, 6.45) is 7.11. The Hall–Kier alpha value is -1.29. The highest BCUT2D eigenvalue weighted by molar-refractivity contribution is 5.95. The zero-order chi connectivity index (χ0) is 13.2. The van der Waals surface area contributed by atoms with E-state index < -0.39 is 0 Å². The lowest BCUT2D eigenvalue weighted by molar-refractivity contribution is 0.0726. The number of furan rings is 1. The Bertz CT molecular complexity index is 445. The molecule has 0 bridgehead atoms. The fraction of sp³-hybridized carbons (Fsp3) is 0.667. The molecule has 1 saturated heterocycles. The minimum atomic E-state index is 0.154. The number of carbonyl (C=O) groups excluding carboxylic acids is 1. The quantitative estimate of drug-likeness (QED) is 0.885. The number of rotatable bonds is 5. The first kappa shape index (κ1) is 12.7. The molecule has 1 atom stereocenters. The number of amides is 1. The maximum absolute atomic E-state index is 12.7. The summed E-state index contributed by atoms with van der Waals surface area (Å²) in [5, 5.41) is 3.48. The molecule has 1 aliphatic heterocycles. The van der Waals surface area contributed by atoms with Crippen LogP contribution in [0.4, 0.5) is 0 Å². The highest BCUT2D eigenvalue weighted by atomic mass is 16.3. The van der Waals surface area contributed by atoms with Gasteiger partial charge in [-0.25, -0.2) is 0 Å². The van der Waals surface area contributed by atoms with Crippen molar-refractivity contribution in [1.82, 2.24) is 10.2 Å². The second-order valence-electron chi connectivity index (χ2n) is 5.59. The van der Waals surface area contributed by atoms with Crippen LogP contribution in [0.5, 0.6) is 0 Å². The number of hydrogen-bond donors (Lipinski definition) is 1. The highest BCUT2D eigenvalue weighted by Gasteiger charge is 2.35. The zero-order valence-electron chi connectivity index (χ0n) is 11.5. The van der Waals surface area contributed by atoms with Crippen LogP contribution in [-0.4, -0.2) is 36.0 Å². The van der Waals surface area contributed by atoms with E-state index in [2.05, 4.69) is 10.2 Å². The predicted molar refractivity (Wildman–Crippen MR) is 73.2 cm³/mol. The van der Waals surface area contributed by atoms with Crippen LogP contribution < -0.4 is 5.32 Å². The summed E-state index contributed by atoms with van der Waals surface area (Å²) in [5.74, 6) is 0.969. The van der Waals surface area contributed by atoms with E-state index in [-0.39, 0.29) is 5.91 Å². The van der Waals surface area contributed by atoms with E-state index in [9.17, 15) is 4.79 Å². The summed E-state index contributed by atoms with van der Waals surface area (Å²) in [5.41, 5.74) is 0.757. The third-order valence-corrected chi connectivity index (χ3v) is 4.12. The van der Waals surface area contributed by atoms with Gasteiger partial charge in [0.25, 0.3) is 5.91 Å². The van der Waals surface area contributed by atoms with Crippen LogP contribution in [0.2, 0.25) is 0 Å². The molecular weight excluding hydrogens is 240 g/mol. The third-order valence-electron chi connectivity index (χ3n) is 4.12. The normalized spacial score (nSPS) is 22.7. The summed E-state index contributed by atoms with van der Waals surface area (Å²) < 4.78 is 5.39. The van der Waals surface area contributed by atoms with Crippen molar-refractivity contribution in [3.05, 3.63) is 23.7 Å². The van der Waals surface area contributed by atoms with Crippen molar-refractivity contribution in [3.63, 3.8) is 0 Å². The molecule has 1 aromatic rings. The Morgan fingerprint density at radius 2 is 2.32 bits per heavy atom. The Kier molecular flexibility index (Phi) is 3.60. The van der Waals surface area contributed by atoms with E-state index >= 15 is 0 Å². The molecule has 1 amide bonds. The molecule has 104 valence electrons. The first-order chi connectivity index (χ1) is 9.29. The summed E-state index contributed by atoms with van der Waals surface area (Å²) in [4.78, 5) is 14.8. The summed E-state index contributed by atoms with van der Waals surface area (Å²) in [6, 6.07) is 2.74. The van der Waals surface area contributed by atoms with Gasteiger partial charge < -0.3 is 14.6 Å². The Balaban J connectivity index is 1.73. The van der Waals surface area contributed by atoms with E-state index in [1.54, 1.807) is 6.26 Å². The van der Waals surface area contributed by atoms with Crippen molar-refractivity contribution in [2.45, 2.75) is 51.1 Å². The Morgan fingerprint density at radius 1 is 1.47 bits per heavy atom. The monoisotopic (exact) mass is 262 g/mol. The van der Waals surface area contributed by atoms with E-state index in [0.717, 1.165) is 43.7 Å². The molecule has 3 rings (SSSR count). The fourth-order valence-corrected chi connectivity index (χ4v) is 2.89. The Morgan fingerprint density at radius 3 is 2.95 bits per heavy atom. The van der Waals surface area contributed by atoms with E-state index in [1.807, 2.05) is 13.0 Å².